The summed E-state index contributed by atoms with van der Waals surface area (Å²) in [5, 5.41) is 0. The fraction of sp³-hybridized carbons (Fsp3) is 0.538. The van der Waals surface area contributed by atoms with Crippen LogP contribution in [0, 0.1) is 5.92 Å². The first-order valence-electron chi connectivity index (χ1n) is 5.20. The molecule has 0 bridgehead atoms. The lowest BCUT2D eigenvalue weighted by Crippen LogP contribution is -1.94. The van der Waals surface area contributed by atoms with Crippen molar-refractivity contribution in [2.24, 2.45) is 5.92 Å². The molecule has 0 heteroatoms. The normalized spacial score (nSPS) is 20.0. The van der Waals surface area contributed by atoms with Gasteiger partial charge in [-0.3, -0.25) is 0 Å². The summed E-state index contributed by atoms with van der Waals surface area (Å²) in [6, 6.07) is 0. The average molecular weight is 178 g/mol. The highest BCUT2D eigenvalue weighted by Crippen LogP contribution is 2.19. The second kappa shape index (κ2) is 6.71. The molecule has 0 aliphatic heterocycles. The van der Waals surface area contributed by atoms with Crippen LogP contribution >= 0.6 is 0 Å². The Kier molecular flexibility index (Phi) is 6.30. The first kappa shape index (κ1) is 12.2. The molecule has 1 aliphatic rings. The van der Waals surface area contributed by atoms with Crippen LogP contribution in [0.1, 0.15) is 40.5 Å². The second-order valence-electron chi connectivity index (χ2n) is 3.49. The molecule has 13 heavy (non-hydrogen) atoms. The molecule has 0 nitrogen and oxygen atoms in total. The predicted octanol–water partition coefficient (Wildman–Crippen LogP) is 4.50. The molecule has 1 unspecified atom stereocenters. The van der Waals surface area contributed by atoms with Crippen LogP contribution in [0.25, 0.3) is 0 Å². The van der Waals surface area contributed by atoms with Gasteiger partial charge in [-0.2, -0.15) is 0 Å². The van der Waals surface area contributed by atoms with Gasteiger partial charge in [0.1, 0.15) is 0 Å². The van der Waals surface area contributed by atoms with E-state index < -0.39 is 0 Å². The van der Waals surface area contributed by atoms with Crippen LogP contribution in [-0.4, -0.2) is 0 Å². The fourth-order valence-corrected chi connectivity index (χ4v) is 1.25. The summed E-state index contributed by atoms with van der Waals surface area (Å²) in [6.07, 6.45) is 9.06. The molecular weight excluding hydrogens is 156 g/mol. The van der Waals surface area contributed by atoms with Gasteiger partial charge in [0.2, 0.25) is 0 Å². The smallest absolute Gasteiger partial charge is 0.00758 e. The molecule has 0 aromatic heterocycles. The molecule has 0 radical (unpaired) electrons. The van der Waals surface area contributed by atoms with Crippen LogP contribution in [0.2, 0.25) is 0 Å². The van der Waals surface area contributed by atoms with E-state index in [0.717, 1.165) is 12.3 Å². The van der Waals surface area contributed by atoms with Gasteiger partial charge in [-0.15, -0.1) is 0 Å². The van der Waals surface area contributed by atoms with Crippen molar-refractivity contribution in [3.8, 4) is 0 Å². The maximum atomic E-state index is 3.89. The van der Waals surface area contributed by atoms with E-state index in [1.54, 1.807) is 0 Å². The quantitative estimate of drug-likeness (QED) is 0.546. The summed E-state index contributed by atoms with van der Waals surface area (Å²) in [5.41, 5.74) is 2.67. The zero-order chi connectivity index (χ0) is 10.3. The Balaban J connectivity index is 0.000000671. The molecule has 0 N–H and O–H groups in total. The molecule has 0 saturated carbocycles. The molecule has 74 valence electrons. The van der Waals surface area contributed by atoms with Gasteiger partial charge in [0.05, 0.1) is 0 Å². The molecule has 0 fully saturated rings. The Morgan fingerprint density at radius 1 is 1.54 bits per heavy atom. The Hall–Kier alpha value is -0.780. The van der Waals surface area contributed by atoms with Gasteiger partial charge in [-0.05, 0) is 31.3 Å². The lowest BCUT2D eigenvalue weighted by molar-refractivity contribution is 0.728. The molecule has 1 aliphatic carbocycles. The highest BCUT2D eigenvalue weighted by Gasteiger charge is 2.02. The number of rotatable bonds is 2. The minimum Gasteiger partial charge on any atom is -0.0998 e. The van der Waals surface area contributed by atoms with Gasteiger partial charge in [0.15, 0.2) is 0 Å². The van der Waals surface area contributed by atoms with E-state index in [-0.39, 0.29) is 0 Å². The second-order valence-corrected chi connectivity index (χ2v) is 3.49. The minimum atomic E-state index is 0.726. The Bertz CT molecular complexity index is 206. The van der Waals surface area contributed by atoms with Crippen LogP contribution in [0.4, 0.5) is 0 Å². The number of hydrogen-bond donors (Lipinski definition) is 0. The Labute approximate surface area is 83.0 Å². The molecule has 0 heterocycles. The van der Waals surface area contributed by atoms with Crippen LogP contribution in [0.15, 0.2) is 36.0 Å². The lowest BCUT2D eigenvalue weighted by atomic mass is 9.95. The third kappa shape index (κ3) is 5.46. The Morgan fingerprint density at radius 2 is 2.15 bits per heavy atom. The van der Waals surface area contributed by atoms with Crippen LogP contribution < -0.4 is 0 Å². The van der Waals surface area contributed by atoms with Crippen molar-refractivity contribution in [1.82, 2.24) is 0 Å². The van der Waals surface area contributed by atoms with Gasteiger partial charge in [0.25, 0.3) is 0 Å². The van der Waals surface area contributed by atoms with Crippen LogP contribution in [0.3, 0.4) is 0 Å². The standard InChI is InChI=1S/C11H16.C2H6/c1-9(2)8-11-6-4-10(3)5-7-11;1-2/h4,6-7,10H,1,5,8H2,2-3H3;1-2H3. The lowest BCUT2D eigenvalue weighted by Gasteiger charge is -2.11. The summed E-state index contributed by atoms with van der Waals surface area (Å²) in [7, 11) is 0. The molecule has 0 spiro atoms. The monoisotopic (exact) mass is 178 g/mol. The van der Waals surface area contributed by atoms with Crippen molar-refractivity contribution in [3.63, 3.8) is 0 Å². The van der Waals surface area contributed by atoms with E-state index in [0.29, 0.717) is 0 Å². The maximum absolute atomic E-state index is 3.89. The van der Waals surface area contributed by atoms with E-state index in [9.17, 15) is 0 Å². The first-order valence-corrected chi connectivity index (χ1v) is 5.20. The van der Waals surface area contributed by atoms with E-state index in [1.807, 2.05) is 13.8 Å². The fourth-order valence-electron chi connectivity index (χ4n) is 1.25. The van der Waals surface area contributed by atoms with E-state index in [1.165, 1.54) is 17.6 Å². The van der Waals surface area contributed by atoms with Crippen molar-refractivity contribution >= 4 is 0 Å². The number of hydrogen-bond acceptors (Lipinski definition) is 0. The number of allylic oxidation sites excluding steroid dienone is 5. The van der Waals surface area contributed by atoms with Crippen molar-refractivity contribution in [2.75, 3.05) is 0 Å². The van der Waals surface area contributed by atoms with E-state index >= 15 is 0 Å². The largest absolute Gasteiger partial charge is 0.0998 e. The Morgan fingerprint density at radius 3 is 2.54 bits per heavy atom. The summed E-state index contributed by atoms with van der Waals surface area (Å²) in [4.78, 5) is 0. The molecule has 1 rings (SSSR count). The van der Waals surface area contributed by atoms with Gasteiger partial charge in [-0.1, -0.05) is 51.2 Å². The van der Waals surface area contributed by atoms with Crippen molar-refractivity contribution < 1.29 is 0 Å². The molecule has 0 aromatic carbocycles. The molecule has 0 amide bonds. The zero-order valence-electron chi connectivity index (χ0n) is 9.43. The maximum Gasteiger partial charge on any atom is -0.00758 e. The summed E-state index contributed by atoms with van der Waals surface area (Å²) >= 11 is 0. The van der Waals surface area contributed by atoms with Gasteiger partial charge < -0.3 is 0 Å². The molecule has 1 atom stereocenters. The average Bonchev–Trinajstić information content (AvgIpc) is 2.12. The topological polar surface area (TPSA) is 0 Å². The summed E-state index contributed by atoms with van der Waals surface area (Å²) in [6.45, 7) is 12.2. The van der Waals surface area contributed by atoms with E-state index in [4.69, 9.17) is 0 Å². The third-order valence-electron chi connectivity index (χ3n) is 1.90. The van der Waals surface area contributed by atoms with Gasteiger partial charge >= 0.3 is 0 Å². The SMILES string of the molecule is C=C(C)CC1=CCC(C)C=C1.CC. The van der Waals surface area contributed by atoms with Crippen LogP contribution in [-0.2, 0) is 0 Å². The molecular formula is C13H22. The predicted molar refractivity (Wildman–Crippen MR) is 61.8 cm³/mol. The van der Waals surface area contributed by atoms with Crippen LogP contribution in [0.5, 0.6) is 0 Å². The van der Waals surface area contributed by atoms with Gasteiger partial charge in [0, 0.05) is 0 Å². The highest BCUT2D eigenvalue weighted by molar-refractivity contribution is 5.27. The summed E-state index contributed by atoms with van der Waals surface area (Å²) < 4.78 is 0. The van der Waals surface area contributed by atoms with Crippen molar-refractivity contribution in [1.29, 1.82) is 0 Å². The highest BCUT2D eigenvalue weighted by atomic mass is 14.1. The minimum absolute atomic E-state index is 0.726. The van der Waals surface area contributed by atoms with E-state index in [2.05, 4.69) is 38.7 Å². The third-order valence-corrected chi connectivity index (χ3v) is 1.90. The summed E-state index contributed by atoms with van der Waals surface area (Å²) in [5.74, 6) is 0.726. The molecule has 0 aromatic rings. The van der Waals surface area contributed by atoms with Crippen molar-refractivity contribution in [2.45, 2.75) is 40.5 Å². The first-order chi connectivity index (χ1) is 6.18. The zero-order valence-corrected chi connectivity index (χ0v) is 9.43. The van der Waals surface area contributed by atoms with Crippen molar-refractivity contribution in [3.05, 3.63) is 36.0 Å². The van der Waals surface area contributed by atoms with Gasteiger partial charge in [-0.25, -0.2) is 0 Å². The molecule has 0 saturated heterocycles.